The van der Waals surface area contributed by atoms with Gasteiger partial charge in [-0.2, -0.15) is 0 Å². The van der Waals surface area contributed by atoms with Crippen LogP contribution in [0.5, 0.6) is 0 Å². The normalized spacial score (nSPS) is 15.5. The van der Waals surface area contributed by atoms with Crippen LogP contribution in [0.25, 0.3) is 10.8 Å². The number of nitrogens with zero attached hydrogens (tertiary/aromatic N) is 1. The van der Waals surface area contributed by atoms with E-state index in [4.69, 9.17) is 4.74 Å². The summed E-state index contributed by atoms with van der Waals surface area (Å²) in [7, 11) is 0. The molecule has 1 aliphatic rings. The predicted molar refractivity (Wildman–Crippen MR) is 124 cm³/mol. The molecule has 4 rings (SSSR count). The number of anilines is 3. The lowest BCUT2D eigenvalue weighted by molar-refractivity contribution is 0.142. The minimum absolute atomic E-state index is 0.0338. The summed E-state index contributed by atoms with van der Waals surface area (Å²) in [6.07, 6.45) is -4.60. The molecule has 1 fully saturated rings. The fourth-order valence-corrected chi connectivity index (χ4v) is 3.60. The first kappa shape index (κ1) is 23.4. The number of carbonyl (C=O) groups is 1. The third kappa shape index (κ3) is 4.79. The molecule has 3 aromatic rings. The molecule has 1 unspecified atom stereocenters. The maximum atomic E-state index is 14.9. The summed E-state index contributed by atoms with van der Waals surface area (Å²) < 4.78 is 59.8. The molecule has 0 bridgehead atoms. The first-order valence-electron chi connectivity index (χ1n) is 10.1. The largest absolute Gasteiger partial charge is 0.442 e. The number of thiocarbonyl (C=S) groups is 1. The summed E-state index contributed by atoms with van der Waals surface area (Å²) in [6.45, 7) is -0.310. The molecule has 0 aliphatic carbocycles. The number of fused-ring (bicyclic) bond motifs is 1. The minimum atomic E-state index is -2.86. The van der Waals surface area contributed by atoms with Gasteiger partial charge in [0.15, 0.2) is 11.6 Å². The van der Waals surface area contributed by atoms with Crippen molar-refractivity contribution in [3.8, 4) is 0 Å². The number of hydrogen-bond donors (Lipinski definition) is 2. The van der Waals surface area contributed by atoms with Gasteiger partial charge >= 0.3 is 6.09 Å². The number of cyclic esters (lactones) is 1. The highest BCUT2D eigenvalue weighted by atomic mass is 32.1. The van der Waals surface area contributed by atoms with E-state index < -0.39 is 46.4 Å². The van der Waals surface area contributed by atoms with Crippen LogP contribution in [0.15, 0.2) is 59.4 Å². The first-order valence-corrected chi connectivity index (χ1v) is 10.5. The molecule has 1 heterocycles. The van der Waals surface area contributed by atoms with Crippen molar-refractivity contribution < 1.29 is 27.1 Å². The fraction of sp³-hybridized carbons (Fsp3) is 0.174. The van der Waals surface area contributed by atoms with Gasteiger partial charge < -0.3 is 15.4 Å². The number of halogens is 4. The molecule has 0 radical (unpaired) electrons. The summed E-state index contributed by atoms with van der Waals surface area (Å²) in [4.78, 5) is 25.3. The number of alkyl halides is 2. The Hall–Kier alpha value is -3.73. The standard InChI is InChI=1S/C23H17F4N3O3S/c24-16-8-13(30-11-14(33-23(30)32)10-28-22(34)21(26)27)9-17(25)19(16)29-18-7-3-5-12-4-1-2-6-15(12)20(18)31/h1-9,14,21H,10-11H2,(H,28,34)(H,29,31). The van der Waals surface area contributed by atoms with Crippen LogP contribution in [0.1, 0.15) is 0 Å². The predicted octanol–water partition coefficient (Wildman–Crippen LogP) is 4.73. The Labute approximate surface area is 196 Å². The molecule has 34 heavy (non-hydrogen) atoms. The second-order valence-corrected chi connectivity index (χ2v) is 7.87. The second-order valence-electron chi connectivity index (χ2n) is 7.43. The highest BCUT2D eigenvalue weighted by molar-refractivity contribution is 7.80. The number of rotatable bonds is 6. The van der Waals surface area contributed by atoms with E-state index in [0.717, 1.165) is 17.0 Å². The van der Waals surface area contributed by atoms with Crippen molar-refractivity contribution in [2.75, 3.05) is 23.3 Å². The minimum Gasteiger partial charge on any atom is -0.442 e. The van der Waals surface area contributed by atoms with Crippen molar-refractivity contribution in [1.29, 1.82) is 0 Å². The molecule has 1 saturated heterocycles. The topological polar surface area (TPSA) is 70.7 Å². The van der Waals surface area contributed by atoms with Crippen molar-refractivity contribution in [2.45, 2.75) is 12.5 Å². The summed E-state index contributed by atoms with van der Waals surface area (Å²) in [5, 5.41) is 5.84. The Kier molecular flexibility index (Phi) is 6.64. The van der Waals surface area contributed by atoms with Crippen LogP contribution in [-0.4, -0.2) is 36.7 Å². The lowest BCUT2D eigenvalue weighted by Crippen LogP contribution is -2.36. The Balaban J connectivity index is 1.56. The number of benzene rings is 2. The Morgan fingerprint density at radius 1 is 1.09 bits per heavy atom. The third-order valence-corrected chi connectivity index (χ3v) is 5.49. The van der Waals surface area contributed by atoms with Gasteiger partial charge in [-0.1, -0.05) is 48.6 Å². The van der Waals surface area contributed by atoms with Gasteiger partial charge in [0.1, 0.15) is 16.8 Å². The van der Waals surface area contributed by atoms with E-state index >= 15 is 0 Å². The van der Waals surface area contributed by atoms with Crippen LogP contribution in [0.3, 0.4) is 0 Å². The Morgan fingerprint density at radius 3 is 2.47 bits per heavy atom. The van der Waals surface area contributed by atoms with E-state index in [2.05, 4.69) is 22.9 Å². The zero-order valence-electron chi connectivity index (χ0n) is 17.4. The van der Waals surface area contributed by atoms with E-state index in [9.17, 15) is 27.2 Å². The number of hydrogen-bond acceptors (Lipinski definition) is 5. The third-order valence-electron chi connectivity index (χ3n) is 5.16. The van der Waals surface area contributed by atoms with Crippen molar-refractivity contribution in [3.05, 3.63) is 76.5 Å². The molecule has 1 aliphatic heterocycles. The van der Waals surface area contributed by atoms with Gasteiger partial charge in [0.25, 0.3) is 6.43 Å². The zero-order chi connectivity index (χ0) is 24.4. The summed E-state index contributed by atoms with van der Waals surface area (Å²) in [6, 6.07) is 13.3. The molecule has 176 valence electrons. The molecule has 0 saturated carbocycles. The maximum Gasteiger partial charge on any atom is 0.414 e. The molecule has 2 N–H and O–H groups in total. The average Bonchev–Trinajstić information content (AvgIpc) is 3.10. The van der Waals surface area contributed by atoms with Gasteiger partial charge in [-0.15, -0.1) is 0 Å². The molecule has 11 heteroatoms. The van der Waals surface area contributed by atoms with E-state index in [-0.39, 0.29) is 24.5 Å². The Morgan fingerprint density at radius 2 is 1.76 bits per heavy atom. The van der Waals surface area contributed by atoms with Crippen molar-refractivity contribution >= 4 is 51.1 Å². The van der Waals surface area contributed by atoms with Crippen LogP contribution >= 0.6 is 12.2 Å². The maximum absolute atomic E-state index is 14.9. The van der Waals surface area contributed by atoms with E-state index in [1.807, 2.05) is 0 Å². The SMILES string of the molecule is O=C1OC(CNC(=S)C(F)F)CN1c1cc(F)c(Nc2cccc3ccccc3c2=O)c(F)c1. The molecular formula is C23H17F4N3O3S. The molecule has 3 aromatic carbocycles. The molecule has 1 atom stereocenters. The van der Waals surface area contributed by atoms with Gasteiger partial charge in [0.05, 0.1) is 24.5 Å². The highest BCUT2D eigenvalue weighted by Crippen LogP contribution is 2.30. The highest BCUT2D eigenvalue weighted by Gasteiger charge is 2.33. The molecule has 6 nitrogen and oxygen atoms in total. The quantitative estimate of drug-likeness (QED) is 0.384. The number of carbonyl (C=O) groups excluding carboxylic acids is 1. The van der Waals surface area contributed by atoms with Gasteiger partial charge in [-0.3, -0.25) is 9.69 Å². The summed E-state index contributed by atoms with van der Waals surface area (Å²) in [5.41, 5.74) is -1.17. The lowest BCUT2D eigenvalue weighted by Gasteiger charge is -2.16. The number of ether oxygens (including phenoxy) is 1. The number of nitrogens with one attached hydrogen (secondary N) is 2. The van der Waals surface area contributed by atoms with Crippen molar-refractivity contribution in [2.24, 2.45) is 0 Å². The van der Waals surface area contributed by atoms with Crippen LogP contribution in [0.4, 0.5) is 39.4 Å². The van der Waals surface area contributed by atoms with Crippen molar-refractivity contribution in [1.82, 2.24) is 5.32 Å². The fourth-order valence-electron chi connectivity index (χ4n) is 3.52. The molecule has 0 spiro atoms. The molecule has 0 aromatic heterocycles. The molecule has 1 amide bonds. The average molecular weight is 491 g/mol. The van der Waals surface area contributed by atoms with Gasteiger partial charge in [0, 0.05) is 17.5 Å². The lowest BCUT2D eigenvalue weighted by atomic mass is 10.2. The summed E-state index contributed by atoms with van der Waals surface area (Å²) >= 11 is 4.47. The van der Waals surface area contributed by atoms with Crippen molar-refractivity contribution in [3.63, 3.8) is 0 Å². The molecular weight excluding hydrogens is 474 g/mol. The first-order chi connectivity index (χ1) is 16.2. The monoisotopic (exact) mass is 491 g/mol. The van der Waals surface area contributed by atoms with Crippen LogP contribution < -0.4 is 21.0 Å². The van der Waals surface area contributed by atoms with Gasteiger partial charge in [-0.05, 0) is 11.5 Å². The van der Waals surface area contributed by atoms with Crippen LogP contribution in [-0.2, 0) is 4.74 Å². The van der Waals surface area contributed by atoms with E-state index in [1.54, 1.807) is 36.4 Å². The van der Waals surface area contributed by atoms with Crippen LogP contribution in [0, 0.1) is 11.6 Å². The van der Waals surface area contributed by atoms with Crippen LogP contribution in [0.2, 0.25) is 0 Å². The van der Waals surface area contributed by atoms with Gasteiger partial charge in [-0.25, -0.2) is 22.4 Å². The smallest absolute Gasteiger partial charge is 0.414 e. The second kappa shape index (κ2) is 9.64. The van der Waals surface area contributed by atoms with E-state index in [1.165, 1.54) is 6.07 Å². The number of amides is 1. The van der Waals surface area contributed by atoms with Gasteiger partial charge in [0.2, 0.25) is 5.43 Å². The van der Waals surface area contributed by atoms with E-state index in [0.29, 0.717) is 10.8 Å². The Bertz CT molecular complexity index is 1320. The zero-order valence-corrected chi connectivity index (χ0v) is 18.2. The summed E-state index contributed by atoms with van der Waals surface area (Å²) in [5.74, 6) is -2.09.